The topological polar surface area (TPSA) is 107 Å². The molecule has 46 heavy (non-hydrogen) atoms. The van der Waals surface area contributed by atoms with Crippen LogP contribution in [-0.4, -0.2) is 29.2 Å². The molecule has 4 aromatic rings. The summed E-state index contributed by atoms with van der Waals surface area (Å²) >= 11 is 0. The molecule has 0 aliphatic carbocycles. The Labute approximate surface area is 270 Å². The van der Waals surface area contributed by atoms with Gasteiger partial charge in [-0.05, 0) is 98.0 Å². The first kappa shape index (κ1) is 37.3. The molecule has 0 aromatic heterocycles. The van der Waals surface area contributed by atoms with E-state index in [1.54, 1.807) is 24.3 Å². The Morgan fingerprint density at radius 3 is 1.85 bits per heavy atom. The van der Waals surface area contributed by atoms with E-state index in [0.717, 1.165) is 18.4 Å². The van der Waals surface area contributed by atoms with E-state index in [2.05, 4.69) is 19.1 Å². The van der Waals surface area contributed by atoms with Crippen molar-refractivity contribution in [1.82, 2.24) is 0 Å². The van der Waals surface area contributed by atoms with Gasteiger partial charge in [0.05, 0.1) is 6.61 Å². The second-order valence-electron chi connectivity index (χ2n) is 10.9. The van der Waals surface area contributed by atoms with Crippen molar-refractivity contribution in [3.05, 3.63) is 131 Å². The fourth-order valence-electron chi connectivity index (χ4n) is 4.55. The van der Waals surface area contributed by atoms with Gasteiger partial charge < -0.3 is 15.6 Å². The number of nitrogen functional groups attached to an aromatic ring is 1. The van der Waals surface area contributed by atoms with Gasteiger partial charge >= 0.3 is 5.97 Å². The summed E-state index contributed by atoms with van der Waals surface area (Å²) in [7, 11) is 0. The average Bonchev–Trinajstić information content (AvgIpc) is 3.04. The van der Waals surface area contributed by atoms with Crippen molar-refractivity contribution in [1.29, 1.82) is 0 Å². The minimum atomic E-state index is -0.379. The van der Waals surface area contributed by atoms with Crippen molar-refractivity contribution in [3.63, 3.8) is 0 Å². The van der Waals surface area contributed by atoms with Crippen molar-refractivity contribution in [2.75, 3.05) is 12.3 Å². The normalized spacial score (nSPS) is 11.5. The van der Waals surface area contributed by atoms with E-state index in [-0.39, 0.29) is 47.3 Å². The Balaban J connectivity index is 0.000000272. The number of halogens is 2. The highest BCUT2D eigenvalue weighted by atomic mass is 19.1. The second-order valence-corrected chi connectivity index (χ2v) is 10.9. The molecular formula is C38H43F2NO5. The molecule has 4 aromatic carbocycles. The largest absolute Gasteiger partial charge is 0.508 e. The number of phenolic OH excluding ortho intramolecular Hbond substituents is 1. The van der Waals surface area contributed by atoms with Gasteiger partial charge in [-0.15, -0.1) is 0 Å². The Bertz CT molecular complexity index is 1450. The molecule has 4 rings (SSSR count). The summed E-state index contributed by atoms with van der Waals surface area (Å²) in [5.41, 5.74) is 8.50. The zero-order valence-corrected chi connectivity index (χ0v) is 26.6. The molecule has 2 unspecified atom stereocenters. The van der Waals surface area contributed by atoms with Crippen LogP contribution >= 0.6 is 0 Å². The molecule has 6 nitrogen and oxygen atoms in total. The number of hydrogen-bond acceptors (Lipinski definition) is 6. The molecular weight excluding hydrogens is 588 g/mol. The maximum Gasteiger partial charge on any atom is 0.302 e. The maximum atomic E-state index is 12.9. The molecule has 0 aliphatic heterocycles. The summed E-state index contributed by atoms with van der Waals surface area (Å²) in [6.07, 6.45) is 3.38. The van der Waals surface area contributed by atoms with Crippen LogP contribution in [0, 0.1) is 17.6 Å². The Kier molecular flexibility index (Phi) is 16.4. The molecule has 0 bridgehead atoms. The number of nitrogens with two attached hydrogens (primary N) is 1. The monoisotopic (exact) mass is 631 g/mol. The zero-order valence-electron chi connectivity index (χ0n) is 26.6. The number of benzene rings is 4. The summed E-state index contributed by atoms with van der Waals surface area (Å²) < 4.78 is 30.0. The number of phenols is 1. The number of carbonyl (C=O) groups is 3. The molecule has 0 saturated heterocycles. The fourth-order valence-corrected chi connectivity index (χ4v) is 4.55. The van der Waals surface area contributed by atoms with Crippen LogP contribution < -0.4 is 5.73 Å². The molecule has 3 N–H and O–H groups in total. The smallest absolute Gasteiger partial charge is 0.302 e. The van der Waals surface area contributed by atoms with Crippen LogP contribution in [0.25, 0.3) is 0 Å². The highest BCUT2D eigenvalue weighted by Crippen LogP contribution is 2.22. The third-order valence-corrected chi connectivity index (χ3v) is 7.15. The molecule has 8 heteroatoms. The lowest BCUT2D eigenvalue weighted by Crippen LogP contribution is -2.16. The molecule has 0 fully saturated rings. The third-order valence-electron chi connectivity index (χ3n) is 7.15. The summed E-state index contributed by atoms with van der Waals surface area (Å²) in [6, 6.07) is 28.0. The minimum Gasteiger partial charge on any atom is -0.508 e. The molecule has 0 saturated carbocycles. The number of anilines is 1. The number of hydrogen-bond donors (Lipinski definition) is 2. The van der Waals surface area contributed by atoms with Gasteiger partial charge in [0.2, 0.25) is 0 Å². The number of aromatic hydroxyl groups is 1. The van der Waals surface area contributed by atoms with Crippen LogP contribution in [0.3, 0.4) is 0 Å². The van der Waals surface area contributed by atoms with Crippen LogP contribution in [0.1, 0.15) is 73.9 Å². The lowest BCUT2D eigenvalue weighted by Gasteiger charge is -2.15. The highest BCUT2D eigenvalue weighted by molar-refractivity contribution is 5.96. The number of Topliss-reactive ketones (excluding diaryl/α,β-unsaturated/α-hetero) is 2. The van der Waals surface area contributed by atoms with E-state index < -0.39 is 0 Å². The van der Waals surface area contributed by atoms with Gasteiger partial charge in [-0.3, -0.25) is 14.4 Å². The van der Waals surface area contributed by atoms with E-state index in [1.807, 2.05) is 18.2 Å². The van der Waals surface area contributed by atoms with Crippen molar-refractivity contribution in [2.45, 2.75) is 58.8 Å². The molecule has 244 valence electrons. The first-order valence-electron chi connectivity index (χ1n) is 15.2. The SMILES string of the molecule is CC(=O)C(CCC(=O)c1ccc(F)cc1)Cc1ccc(O)cc1.CCCC(COC(C)=O)c1ccccc1.Nc1ccc(F)cc1. The van der Waals surface area contributed by atoms with Crippen LogP contribution in [-0.2, 0) is 20.7 Å². The standard InChI is InChI=1S/C19H19FO3.C13H18O2.C6H6FN/c1-13(21)16(12-14-2-9-18(22)10-3-14)6-11-19(23)15-4-7-17(20)8-5-15;1-3-7-13(10-15-11(2)14)12-8-5-4-6-9-12;7-5-1-3-6(8)4-2-5/h2-5,7-10,16,22H,6,11-12H2,1H3;4-6,8-9,13H,3,7,10H2,1-2H3;1-4H,8H2. The number of esters is 1. The fraction of sp³-hybridized carbons (Fsp3) is 0.289. The van der Waals surface area contributed by atoms with E-state index >= 15 is 0 Å². The molecule has 2 atom stereocenters. The molecule has 0 spiro atoms. The van der Waals surface area contributed by atoms with Gasteiger partial charge in [-0.1, -0.05) is 55.8 Å². The first-order chi connectivity index (χ1) is 22.0. The maximum absolute atomic E-state index is 12.9. The number of rotatable bonds is 12. The quantitative estimate of drug-likeness (QED) is 0.0923. The van der Waals surface area contributed by atoms with Crippen molar-refractivity contribution in [2.24, 2.45) is 5.92 Å². The van der Waals surface area contributed by atoms with Crippen molar-refractivity contribution < 1.29 is 33.0 Å². The van der Waals surface area contributed by atoms with Gasteiger partial charge in [0, 0.05) is 36.4 Å². The average molecular weight is 632 g/mol. The third kappa shape index (κ3) is 14.8. The number of ether oxygens (including phenoxy) is 1. The molecule has 0 radical (unpaired) electrons. The van der Waals surface area contributed by atoms with Crippen LogP contribution in [0.4, 0.5) is 14.5 Å². The van der Waals surface area contributed by atoms with Gasteiger partial charge in [-0.25, -0.2) is 8.78 Å². The van der Waals surface area contributed by atoms with Crippen LogP contribution in [0.15, 0.2) is 103 Å². The van der Waals surface area contributed by atoms with E-state index in [4.69, 9.17) is 10.5 Å². The van der Waals surface area contributed by atoms with Crippen LogP contribution in [0.5, 0.6) is 5.75 Å². The van der Waals surface area contributed by atoms with E-state index in [0.29, 0.717) is 36.6 Å². The van der Waals surface area contributed by atoms with E-state index in [1.165, 1.54) is 67.9 Å². The van der Waals surface area contributed by atoms with Crippen molar-refractivity contribution in [3.8, 4) is 5.75 Å². The Hall–Kier alpha value is -4.85. The lowest BCUT2D eigenvalue weighted by molar-refractivity contribution is -0.141. The predicted molar refractivity (Wildman–Crippen MR) is 177 cm³/mol. The second kappa shape index (κ2) is 20.2. The van der Waals surface area contributed by atoms with Gasteiger partial charge in [0.1, 0.15) is 23.2 Å². The van der Waals surface area contributed by atoms with Gasteiger partial charge in [-0.2, -0.15) is 0 Å². The van der Waals surface area contributed by atoms with Crippen molar-refractivity contribution >= 4 is 23.2 Å². The summed E-state index contributed by atoms with van der Waals surface area (Å²) in [5, 5.41) is 9.28. The highest BCUT2D eigenvalue weighted by Gasteiger charge is 2.17. The Morgan fingerprint density at radius 1 is 0.783 bits per heavy atom. The number of carbonyl (C=O) groups excluding carboxylic acids is 3. The molecule has 0 heterocycles. The summed E-state index contributed by atoms with van der Waals surface area (Å²) in [6.45, 7) is 5.61. The molecule has 0 amide bonds. The molecule has 0 aliphatic rings. The van der Waals surface area contributed by atoms with Gasteiger partial charge in [0.15, 0.2) is 5.78 Å². The predicted octanol–water partition coefficient (Wildman–Crippen LogP) is 8.48. The first-order valence-corrected chi connectivity index (χ1v) is 15.2. The lowest BCUT2D eigenvalue weighted by atomic mass is 9.90. The zero-order chi connectivity index (χ0) is 33.9. The Morgan fingerprint density at radius 2 is 1.35 bits per heavy atom. The summed E-state index contributed by atoms with van der Waals surface area (Å²) in [4.78, 5) is 34.7. The number of ketones is 2. The van der Waals surface area contributed by atoms with Gasteiger partial charge in [0.25, 0.3) is 0 Å². The van der Waals surface area contributed by atoms with E-state index in [9.17, 15) is 28.3 Å². The van der Waals surface area contributed by atoms with Crippen LogP contribution in [0.2, 0.25) is 0 Å². The minimum absolute atomic E-state index is 0.0324. The summed E-state index contributed by atoms with van der Waals surface area (Å²) in [5.74, 6) is -0.627.